The fourth-order valence-corrected chi connectivity index (χ4v) is 2.85. The van der Waals surface area contributed by atoms with E-state index in [-0.39, 0.29) is 0 Å². The minimum atomic E-state index is 0.584. The molecule has 0 aliphatic rings. The van der Waals surface area contributed by atoms with Crippen LogP contribution in [0.2, 0.25) is 5.02 Å². The van der Waals surface area contributed by atoms with E-state index in [4.69, 9.17) is 11.6 Å². The van der Waals surface area contributed by atoms with Crippen LogP contribution in [-0.4, -0.2) is 47.0 Å². The molecule has 2 heterocycles. The van der Waals surface area contributed by atoms with Crippen LogP contribution in [0.3, 0.4) is 0 Å². The van der Waals surface area contributed by atoms with Crippen LogP contribution in [0.25, 0.3) is 11.3 Å². The van der Waals surface area contributed by atoms with Gasteiger partial charge in [0.05, 0.1) is 5.69 Å². The van der Waals surface area contributed by atoms with Gasteiger partial charge in [-0.15, -0.1) is 0 Å². The van der Waals surface area contributed by atoms with Gasteiger partial charge in [-0.3, -0.25) is 4.98 Å². The van der Waals surface area contributed by atoms with Crippen LogP contribution in [0.4, 0.5) is 17.5 Å². The first-order chi connectivity index (χ1) is 13.5. The summed E-state index contributed by atoms with van der Waals surface area (Å²) in [4.78, 5) is 15.6. The Bertz CT molecular complexity index is 914. The summed E-state index contributed by atoms with van der Waals surface area (Å²) in [6.07, 6.45) is 4.55. The van der Waals surface area contributed by atoms with Crippen molar-refractivity contribution in [2.45, 2.75) is 13.3 Å². The molecule has 0 saturated carbocycles. The lowest BCUT2D eigenvalue weighted by atomic mass is 10.2. The smallest absolute Gasteiger partial charge is 0.225 e. The first-order valence-corrected chi connectivity index (χ1v) is 9.60. The molecule has 3 aromatic rings. The normalized spacial score (nSPS) is 10.9. The molecule has 0 saturated heterocycles. The fraction of sp³-hybridized carbons (Fsp3) is 0.286. The Morgan fingerprint density at radius 1 is 1.11 bits per heavy atom. The molecular weight excluding hydrogens is 372 g/mol. The van der Waals surface area contributed by atoms with E-state index in [1.807, 2.05) is 43.3 Å². The zero-order valence-electron chi connectivity index (χ0n) is 16.4. The number of benzene rings is 1. The van der Waals surface area contributed by atoms with Gasteiger partial charge in [0.1, 0.15) is 5.82 Å². The molecule has 6 nitrogen and oxygen atoms in total. The molecule has 3 rings (SSSR count). The number of nitrogens with one attached hydrogen (secondary N) is 2. The fourth-order valence-electron chi connectivity index (χ4n) is 2.67. The van der Waals surface area contributed by atoms with Gasteiger partial charge in [0.2, 0.25) is 5.95 Å². The van der Waals surface area contributed by atoms with Crippen LogP contribution in [0.1, 0.15) is 12.0 Å². The lowest BCUT2D eigenvalue weighted by Crippen LogP contribution is -2.17. The van der Waals surface area contributed by atoms with Gasteiger partial charge in [0, 0.05) is 41.3 Å². The maximum absolute atomic E-state index is 6.25. The second-order valence-electron chi connectivity index (χ2n) is 6.88. The zero-order valence-corrected chi connectivity index (χ0v) is 17.2. The first kappa shape index (κ1) is 20.0. The molecule has 146 valence electrons. The van der Waals surface area contributed by atoms with Gasteiger partial charge in [0.15, 0.2) is 0 Å². The molecule has 0 atom stereocenters. The van der Waals surface area contributed by atoms with Gasteiger partial charge in [-0.1, -0.05) is 17.7 Å². The molecule has 0 aliphatic carbocycles. The highest BCUT2D eigenvalue weighted by molar-refractivity contribution is 6.31. The average Bonchev–Trinajstić information content (AvgIpc) is 2.68. The molecular formula is C21H25ClN6. The molecule has 0 spiro atoms. The summed E-state index contributed by atoms with van der Waals surface area (Å²) in [5.41, 5.74) is 3.66. The number of pyridine rings is 1. The second-order valence-corrected chi connectivity index (χ2v) is 7.28. The number of anilines is 3. The number of aryl methyl sites for hydroxylation is 1. The highest BCUT2D eigenvalue weighted by Gasteiger charge is 2.08. The summed E-state index contributed by atoms with van der Waals surface area (Å²) in [5, 5.41) is 7.36. The molecule has 0 bridgehead atoms. The third-order valence-electron chi connectivity index (χ3n) is 4.19. The summed E-state index contributed by atoms with van der Waals surface area (Å²) >= 11 is 6.25. The van der Waals surface area contributed by atoms with Crippen LogP contribution in [0.15, 0.2) is 48.8 Å². The summed E-state index contributed by atoms with van der Waals surface area (Å²) in [6.45, 7) is 3.78. The highest BCUT2D eigenvalue weighted by Crippen LogP contribution is 2.25. The van der Waals surface area contributed by atoms with E-state index in [1.165, 1.54) is 0 Å². The minimum Gasteiger partial charge on any atom is -0.354 e. The number of hydrogen-bond donors (Lipinski definition) is 2. The maximum atomic E-state index is 6.25. The lowest BCUT2D eigenvalue weighted by molar-refractivity contribution is 0.405. The molecule has 7 heteroatoms. The van der Waals surface area contributed by atoms with Crippen molar-refractivity contribution in [1.29, 1.82) is 0 Å². The minimum absolute atomic E-state index is 0.584. The Hall–Kier alpha value is -2.70. The number of nitrogens with zero attached hydrogens (tertiary/aromatic N) is 4. The van der Waals surface area contributed by atoms with E-state index in [9.17, 15) is 0 Å². The molecule has 28 heavy (non-hydrogen) atoms. The van der Waals surface area contributed by atoms with Gasteiger partial charge in [-0.05, 0) is 63.8 Å². The van der Waals surface area contributed by atoms with Crippen molar-refractivity contribution in [3.8, 4) is 11.3 Å². The number of hydrogen-bond acceptors (Lipinski definition) is 6. The second kappa shape index (κ2) is 9.48. The van der Waals surface area contributed by atoms with E-state index in [0.717, 1.165) is 42.0 Å². The number of rotatable bonds is 8. The quantitative estimate of drug-likeness (QED) is 0.542. The highest BCUT2D eigenvalue weighted by atomic mass is 35.5. The van der Waals surface area contributed by atoms with Crippen molar-refractivity contribution < 1.29 is 0 Å². The third kappa shape index (κ3) is 5.65. The monoisotopic (exact) mass is 396 g/mol. The van der Waals surface area contributed by atoms with Crippen LogP contribution in [0.5, 0.6) is 0 Å². The molecule has 0 fully saturated rings. The van der Waals surface area contributed by atoms with Gasteiger partial charge in [-0.2, -0.15) is 4.98 Å². The van der Waals surface area contributed by atoms with Crippen LogP contribution >= 0.6 is 11.6 Å². The Morgan fingerprint density at radius 2 is 1.96 bits per heavy atom. The van der Waals surface area contributed by atoms with Crippen molar-refractivity contribution in [3.05, 3.63) is 59.4 Å². The Balaban J connectivity index is 1.85. The van der Waals surface area contributed by atoms with E-state index < -0.39 is 0 Å². The van der Waals surface area contributed by atoms with Gasteiger partial charge in [-0.25, -0.2) is 4.98 Å². The Labute approximate surface area is 171 Å². The van der Waals surface area contributed by atoms with Crippen molar-refractivity contribution in [1.82, 2.24) is 19.9 Å². The largest absolute Gasteiger partial charge is 0.354 e. The predicted octanol–water partition coefficient (Wildman–Crippen LogP) is 4.61. The van der Waals surface area contributed by atoms with E-state index >= 15 is 0 Å². The lowest BCUT2D eigenvalue weighted by Gasteiger charge is -2.13. The summed E-state index contributed by atoms with van der Waals surface area (Å²) < 4.78 is 0. The summed E-state index contributed by atoms with van der Waals surface area (Å²) in [7, 11) is 4.13. The van der Waals surface area contributed by atoms with Crippen molar-refractivity contribution in [3.63, 3.8) is 0 Å². The van der Waals surface area contributed by atoms with Crippen molar-refractivity contribution in [2.24, 2.45) is 0 Å². The zero-order chi connectivity index (χ0) is 19.9. The Morgan fingerprint density at radius 3 is 2.68 bits per heavy atom. The van der Waals surface area contributed by atoms with Crippen LogP contribution in [0, 0.1) is 6.92 Å². The summed E-state index contributed by atoms with van der Waals surface area (Å²) in [5.74, 6) is 1.28. The molecule has 0 amide bonds. The Kier molecular flexibility index (Phi) is 6.79. The first-order valence-electron chi connectivity index (χ1n) is 9.22. The van der Waals surface area contributed by atoms with Crippen molar-refractivity contribution in [2.75, 3.05) is 37.8 Å². The SMILES string of the molecule is Cc1ccc(Nc2cc(-c3cccnc3)nc(NCCCN(C)C)n2)cc1Cl. The molecule has 0 unspecified atom stereocenters. The van der Waals surface area contributed by atoms with Gasteiger partial charge >= 0.3 is 0 Å². The third-order valence-corrected chi connectivity index (χ3v) is 4.60. The van der Waals surface area contributed by atoms with E-state index in [2.05, 4.69) is 44.6 Å². The average molecular weight is 397 g/mol. The van der Waals surface area contributed by atoms with Gasteiger partial charge < -0.3 is 15.5 Å². The topological polar surface area (TPSA) is 66.0 Å². The van der Waals surface area contributed by atoms with Crippen LogP contribution in [-0.2, 0) is 0 Å². The molecule has 0 radical (unpaired) electrons. The van der Waals surface area contributed by atoms with E-state index in [1.54, 1.807) is 12.4 Å². The van der Waals surface area contributed by atoms with E-state index in [0.29, 0.717) is 16.8 Å². The van der Waals surface area contributed by atoms with Gasteiger partial charge in [0.25, 0.3) is 0 Å². The maximum Gasteiger partial charge on any atom is 0.225 e. The molecule has 1 aromatic carbocycles. The van der Waals surface area contributed by atoms with Crippen LogP contribution < -0.4 is 10.6 Å². The number of aromatic nitrogens is 3. The molecule has 2 N–H and O–H groups in total. The molecule has 0 aliphatic heterocycles. The molecule has 2 aromatic heterocycles. The summed E-state index contributed by atoms with van der Waals surface area (Å²) in [6, 6.07) is 11.7. The van der Waals surface area contributed by atoms with Crippen molar-refractivity contribution >= 4 is 29.1 Å². The number of halogens is 1. The standard InChI is InChI=1S/C21H25ClN6/c1-15-7-8-17(12-18(15)22)25-20-13-19(16-6-4-9-23-14-16)26-21(27-20)24-10-5-11-28(2)3/h4,6-9,12-14H,5,10-11H2,1-3H3,(H2,24,25,26,27). The predicted molar refractivity (Wildman–Crippen MR) is 116 cm³/mol.